The lowest BCUT2D eigenvalue weighted by molar-refractivity contribution is -0.139. The highest BCUT2D eigenvalue weighted by Crippen LogP contribution is 2.27. The summed E-state index contributed by atoms with van der Waals surface area (Å²) >= 11 is 0. The molecule has 4 rings (SSSR count). The van der Waals surface area contributed by atoms with E-state index in [0.717, 1.165) is 35.6 Å². The summed E-state index contributed by atoms with van der Waals surface area (Å²) in [5.74, 6) is -0.279. The molecular weight excluding hydrogens is 514 g/mol. The van der Waals surface area contributed by atoms with E-state index in [1.807, 2.05) is 30.3 Å². The van der Waals surface area contributed by atoms with Gasteiger partial charge in [-0.3, -0.25) is 13.9 Å². The van der Waals surface area contributed by atoms with Crippen molar-refractivity contribution in [1.29, 1.82) is 0 Å². The average molecular weight is 550 g/mol. The lowest BCUT2D eigenvalue weighted by atomic mass is 10.1. The minimum absolute atomic E-state index is 0.0576. The third-order valence-corrected chi connectivity index (χ3v) is 8.80. The van der Waals surface area contributed by atoms with E-state index in [1.54, 1.807) is 49.4 Å². The van der Waals surface area contributed by atoms with Crippen molar-refractivity contribution in [2.75, 3.05) is 18.0 Å². The lowest BCUT2D eigenvalue weighted by Gasteiger charge is -2.32. The van der Waals surface area contributed by atoms with Gasteiger partial charge in [0.15, 0.2) is 0 Å². The maximum atomic E-state index is 14.0. The first-order valence-electron chi connectivity index (χ1n) is 13.1. The molecule has 206 valence electrons. The van der Waals surface area contributed by atoms with Crippen molar-refractivity contribution in [3.05, 3.63) is 90.5 Å². The highest BCUT2D eigenvalue weighted by molar-refractivity contribution is 7.92. The summed E-state index contributed by atoms with van der Waals surface area (Å²) in [6, 6.07) is 23.2. The minimum Gasteiger partial charge on any atom is -0.497 e. The first kappa shape index (κ1) is 28.2. The first-order chi connectivity index (χ1) is 18.8. The van der Waals surface area contributed by atoms with Crippen LogP contribution in [0.2, 0.25) is 0 Å². The summed E-state index contributed by atoms with van der Waals surface area (Å²) in [4.78, 5) is 28.7. The molecule has 1 atom stereocenters. The van der Waals surface area contributed by atoms with Gasteiger partial charge in [-0.25, -0.2) is 8.42 Å². The number of benzene rings is 3. The molecule has 0 aliphatic heterocycles. The SMILES string of the molecule is COc1cccc(N(CC(=O)N(Cc2ccccc2)[C@H](C)C(=O)NC2CCCC2)S(=O)(=O)c2ccccc2)c1. The topological polar surface area (TPSA) is 96.0 Å². The molecule has 0 radical (unpaired) electrons. The van der Waals surface area contributed by atoms with Gasteiger partial charge in [-0.15, -0.1) is 0 Å². The number of carbonyl (C=O) groups excluding carboxylic acids is 2. The number of hydrogen-bond donors (Lipinski definition) is 1. The van der Waals surface area contributed by atoms with E-state index in [1.165, 1.54) is 24.1 Å². The summed E-state index contributed by atoms with van der Waals surface area (Å²) in [5.41, 5.74) is 1.12. The Kier molecular flexibility index (Phi) is 9.24. The van der Waals surface area contributed by atoms with Crippen LogP contribution in [-0.4, -0.2) is 50.9 Å². The molecule has 39 heavy (non-hydrogen) atoms. The van der Waals surface area contributed by atoms with Crippen LogP contribution in [0.25, 0.3) is 0 Å². The molecule has 0 bridgehead atoms. The van der Waals surface area contributed by atoms with Gasteiger partial charge in [0, 0.05) is 18.7 Å². The fourth-order valence-electron chi connectivity index (χ4n) is 4.77. The summed E-state index contributed by atoms with van der Waals surface area (Å²) in [6.07, 6.45) is 3.98. The number of nitrogens with zero attached hydrogens (tertiary/aromatic N) is 2. The van der Waals surface area contributed by atoms with Gasteiger partial charge in [0.1, 0.15) is 18.3 Å². The van der Waals surface area contributed by atoms with Crippen LogP contribution in [0.3, 0.4) is 0 Å². The maximum Gasteiger partial charge on any atom is 0.264 e. The third-order valence-electron chi connectivity index (χ3n) is 7.02. The lowest BCUT2D eigenvalue weighted by Crippen LogP contribution is -2.52. The average Bonchev–Trinajstić information content (AvgIpc) is 3.48. The molecule has 3 aromatic carbocycles. The van der Waals surface area contributed by atoms with Crippen LogP contribution >= 0.6 is 0 Å². The highest BCUT2D eigenvalue weighted by atomic mass is 32.2. The molecule has 0 heterocycles. The number of sulfonamides is 1. The van der Waals surface area contributed by atoms with Crippen molar-refractivity contribution < 1.29 is 22.7 Å². The van der Waals surface area contributed by atoms with Gasteiger partial charge in [0.2, 0.25) is 11.8 Å². The number of methoxy groups -OCH3 is 1. The highest BCUT2D eigenvalue weighted by Gasteiger charge is 2.33. The van der Waals surface area contributed by atoms with Crippen LogP contribution in [0, 0.1) is 0 Å². The summed E-state index contributed by atoms with van der Waals surface area (Å²) < 4.78 is 34.0. The number of hydrogen-bond acceptors (Lipinski definition) is 5. The molecule has 2 amide bonds. The van der Waals surface area contributed by atoms with Crippen molar-refractivity contribution >= 4 is 27.5 Å². The van der Waals surface area contributed by atoms with Crippen molar-refractivity contribution in [3.8, 4) is 5.75 Å². The van der Waals surface area contributed by atoms with Gasteiger partial charge >= 0.3 is 0 Å². The van der Waals surface area contributed by atoms with Gasteiger partial charge in [-0.1, -0.05) is 67.4 Å². The molecular formula is C30H35N3O5S. The number of amides is 2. The number of carbonyl (C=O) groups is 2. The monoisotopic (exact) mass is 549 g/mol. The molecule has 0 saturated heterocycles. The van der Waals surface area contributed by atoms with Crippen LogP contribution in [0.5, 0.6) is 5.75 Å². The molecule has 0 unspecified atom stereocenters. The predicted octanol–water partition coefficient (Wildman–Crippen LogP) is 4.37. The van der Waals surface area contributed by atoms with Gasteiger partial charge in [0.25, 0.3) is 10.0 Å². The fourth-order valence-corrected chi connectivity index (χ4v) is 6.20. The first-order valence-corrected chi connectivity index (χ1v) is 14.6. The van der Waals surface area contributed by atoms with E-state index in [4.69, 9.17) is 4.74 Å². The fraction of sp³-hybridized carbons (Fsp3) is 0.333. The van der Waals surface area contributed by atoms with E-state index in [-0.39, 0.29) is 29.1 Å². The second-order valence-electron chi connectivity index (χ2n) is 9.70. The predicted molar refractivity (Wildman–Crippen MR) is 151 cm³/mol. The standard InChI is InChI=1S/C30H35N3O5S/c1-23(30(35)31-25-14-9-10-15-25)32(21-24-12-5-3-6-13-24)29(34)22-33(26-16-11-17-27(20-26)38-2)39(36,37)28-18-7-4-8-19-28/h3-8,11-13,16-20,23,25H,9-10,14-15,21-22H2,1-2H3,(H,31,35)/t23-/m1/s1. The Labute approximate surface area is 230 Å². The van der Waals surface area contributed by atoms with Gasteiger partial charge in [-0.05, 0) is 49.6 Å². The van der Waals surface area contributed by atoms with E-state index in [2.05, 4.69) is 5.32 Å². The summed E-state index contributed by atoms with van der Waals surface area (Å²) in [6.45, 7) is 1.36. The Balaban J connectivity index is 1.68. The number of nitrogens with one attached hydrogen (secondary N) is 1. The molecule has 9 heteroatoms. The quantitative estimate of drug-likeness (QED) is 0.383. The van der Waals surface area contributed by atoms with Crippen molar-refractivity contribution in [1.82, 2.24) is 10.2 Å². The van der Waals surface area contributed by atoms with Crippen LogP contribution < -0.4 is 14.4 Å². The molecule has 3 aromatic rings. The van der Waals surface area contributed by atoms with Crippen LogP contribution in [-0.2, 0) is 26.2 Å². The molecule has 1 aliphatic carbocycles. The van der Waals surface area contributed by atoms with Gasteiger partial charge < -0.3 is 15.0 Å². The van der Waals surface area contributed by atoms with E-state index < -0.39 is 28.5 Å². The molecule has 0 spiro atoms. The van der Waals surface area contributed by atoms with Crippen molar-refractivity contribution in [3.63, 3.8) is 0 Å². The third kappa shape index (κ3) is 6.97. The number of anilines is 1. The van der Waals surface area contributed by atoms with Crippen molar-refractivity contribution in [2.24, 2.45) is 0 Å². The second-order valence-corrected chi connectivity index (χ2v) is 11.6. The number of ether oxygens (including phenoxy) is 1. The van der Waals surface area contributed by atoms with E-state index >= 15 is 0 Å². The van der Waals surface area contributed by atoms with Crippen LogP contribution in [0.1, 0.15) is 38.2 Å². The zero-order valence-corrected chi connectivity index (χ0v) is 23.1. The van der Waals surface area contributed by atoms with Crippen LogP contribution in [0.4, 0.5) is 5.69 Å². The molecule has 1 aliphatic rings. The number of rotatable bonds is 11. The van der Waals surface area contributed by atoms with Gasteiger partial charge in [-0.2, -0.15) is 0 Å². The molecule has 8 nitrogen and oxygen atoms in total. The maximum absolute atomic E-state index is 14.0. The molecule has 0 aromatic heterocycles. The molecule has 1 fully saturated rings. The largest absolute Gasteiger partial charge is 0.497 e. The zero-order chi connectivity index (χ0) is 27.8. The normalized spacial score (nSPS) is 14.4. The smallest absolute Gasteiger partial charge is 0.264 e. The Morgan fingerprint density at radius 1 is 0.949 bits per heavy atom. The Bertz CT molecular complexity index is 1360. The van der Waals surface area contributed by atoms with E-state index in [0.29, 0.717) is 5.75 Å². The Morgan fingerprint density at radius 2 is 1.59 bits per heavy atom. The second kappa shape index (κ2) is 12.8. The summed E-state index contributed by atoms with van der Waals surface area (Å²) in [5, 5.41) is 3.07. The molecule has 1 saturated carbocycles. The zero-order valence-electron chi connectivity index (χ0n) is 22.3. The minimum atomic E-state index is -4.12. The van der Waals surface area contributed by atoms with Crippen LogP contribution in [0.15, 0.2) is 89.8 Å². The van der Waals surface area contributed by atoms with E-state index in [9.17, 15) is 18.0 Å². The summed E-state index contributed by atoms with van der Waals surface area (Å²) in [7, 11) is -2.62. The van der Waals surface area contributed by atoms with Crippen molar-refractivity contribution in [2.45, 2.75) is 56.1 Å². The Morgan fingerprint density at radius 3 is 2.23 bits per heavy atom. The molecule has 1 N–H and O–H groups in total. The Hall–Kier alpha value is -3.85. The van der Waals surface area contributed by atoms with Gasteiger partial charge in [0.05, 0.1) is 17.7 Å².